The zero-order valence-corrected chi connectivity index (χ0v) is 15.0. The van der Waals surface area contributed by atoms with Crippen LogP contribution in [0.25, 0.3) is 0 Å². The van der Waals surface area contributed by atoms with Crippen molar-refractivity contribution in [3.8, 4) is 0 Å². The number of carboxylic acid groups (broad SMARTS) is 1. The van der Waals surface area contributed by atoms with Gasteiger partial charge in [-0.05, 0) is 62.8 Å². The second-order valence-electron chi connectivity index (χ2n) is 7.59. The van der Waals surface area contributed by atoms with Crippen LogP contribution in [0.5, 0.6) is 0 Å². The lowest BCUT2D eigenvalue weighted by atomic mass is 9.65. The molecular weight excluding hydrogens is 316 g/mol. The van der Waals surface area contributed by atoms with Crippen LogP contribution in [-0.2, 0) is 20.9 Å². The van der Waals surface area contributed by atoms with E-state index in [1.165, 1.54) is 5.56 Å². The van der Waals surface area contributed by atoms with Crippen LogP contribution in [0.4, 0.5) is 0 Å². The lowest BCUT2D eigenvalue weighted by Gasteiger charge is -2.43. The van der Waals surface area contributed by atoms with Gasteiger partial charge in [-0.15, -0.1) is 0 Å². The van der Waals surface area contributed by atoms with Gasteiger partial charge >= 0.3 is 5.97 Å². The number of hydrogen-bond acceptors (Lipinski definition) is 3. The van der Waals surface area contributed by atoms with Crippen molar-refractivity contribution in [3.63, 3.8) is 0 Å². The summed E-state index contributed by atoms with van der Waals surface area (Å²) in [6.07, 6.45) is 7.43. The van der Waals surface area contributed by atoms with Crippen molar-refractivity contribution < 1.29 is 19.4 Å². The van der Waals surface area contributed by atoms with Crippen molar-refractivity contribution in [2.45, 2.75) is 64.1 Å². The molecule has 3 rings (SSSR count). The van der Waals surface area contributed by atoms with Gasteiger partial charge in [0.1, 0.15) is 0 Å². The van der Waals surface area contributed by atoms with Crippen molar-refractivity contribution in [2.75, 3.05) is 13.2 Å². The third kappa shape index (κ3) is 4.62. The first-order chi connectivity index (χ1) is 12.2. The summed E-state index contributed by atoms with van der Waals surface area (Å²) in [4.78, 5) is 12.0. The van der Waals surface area contributed by atoms with Gasteiger partial charge in [0, 0.05) is 13.2 Å². The highest BCUT2D eigenvalue weighted by atomic mass is 16.5. The van der Waals surface area contributed by atoms with Gasteiger partial charge in [0.25, 0.3) is 0 Å². The molecule has 1 aliphatic heterocycles. The van der Waals surface area contributed by atoms with E-state index in [0.29, 0.717) is 12.5 Å². The summed E-state index contributed by atoms with van der Waals surface area (Å²) in [7, 11) is 0. The molecule has 0 bridgehead atoms. The zero-order chi connectivity index (χ0) is 17.5. The molecule has 1 heterocycles. The van der Waals surface area contributed by atoms with E-state index >= 15 is 0 Å². The van der Waals surface area contributed by atoms with Gasteiger partial charge < -0.3 is 14.6 Å². The van der Waals surface area contributed by atoms with E-state index in [9.17, 15) is 9.90 Å². The number of ether oxygens (including phenoxy) is 2. The van der Waals surface area contributed by atoms with Gasteiger partial charge in [-0.1, -0.05) is 30.3 Å². The largest absolute Gasteiger partial charge is 0.481 e. The first-order valence-corrected chi connectivity index (χ1v) is 9.67. The summed E-state index contributed by atoms with van der Waals surface area (Å²) < 4.78 is 11.7. The fourth-order valence-corrected chi connectivity index (χ4v) is 4.35. The Balaban J connectivity index is 1.43. The molecule has 2 aliphatic rings. The van der Waals surface area contributed by atoms with Crippen LogP contribution in [0.3, 0.4) is 0 Å². The Morgan fingerprint density at radius 2 is 1.92 bits per heavy atom. The molecule has 1 aromatic carbocycles. The molecular formula is C21H30O4. The van der Waals surface area contributed by atoms with Crippen LogP contribution in [0.1, 0.15) is 56.9 Å². The van der Waals surface area contributed by atoms with E-state index in [1.54, 1.807) is 0 Å². The second-order valence-corrected chi connectivity index (χ2v) is 7.59. The molecule has 0 amide bonds. The molecule has 1 N–H and O–H groups in total. The number of rotatable bonds is 7. The molecule has 1 aliphatic carbocycles. The Bertz CT molecular complexity index is 528. The Morgan fingerprint density at radius 1 is 1.16 bits per heavy atom. The number of hydrogen-bond donors (Lipinski definition) is 1. The van der Waals surface area contributed by atoms with Crippen molar-refractivity contribution in [3.05, 3.63) is 35.9 Å². The molecule has 1 saturated carbocycles. The summed E-state index contributed by atoms with van der Waals surface area (Å²) in [6.45, 7) is 2.12. The van der Waals surface area contributed by atoms with E-state index in [4.69, 9.17) is 9.47 Å². The Morgan fingerprint density at radius 3 is 2.56 bits per heavy atom. The summed E-state index contributed by atoms with van der Waals surface area (Å²) in [5.41, 5.74) is 0.549. The minimum atomic E-state index is -0.654. The maximum absolute atomic E-state index is 12.0. The second kappa shape index (κ2) is 8.81. The lowest BCUT2D eigenvalue weighted by Crippen LogP contribution is -2.47. The normalized spacial score (nSPS) is 30.1. The van der Waals surface area contributed by atoms with E-state index in [2.05, 4.69) is 12.1 Å². The van der Waals surface area contributed by atoms with E-state index in [1.807, 2.05) is 18.2 Å². The molecule has 2 fully saturated rings. The van der Waals surface area contributed by atoms with Crippen molar-refractivity contribution in [2.24, 2.45) is 11.3 Å². The first-order valence-electron chi connectivity index (χ1n) is 9.67. The smallest absolute Gasteiger partial charge is 0.312 e. The van der Waals surface area contributed by atoms with Gasteiger partial charge in [-0.2, -0.15) is 0 Å². The molecule has 0 unspecified atom stereocenters. The third-order valence-corrected chi connectivity index (χ3v) is 6.00. The van der Waals surface area contributed by atoms with Gasteiger partial charge in [0.05, 0.1) is 18.1 Å². The fourth-order valence-electron chi connectivity index (χ4n) is 4.35. The average Bonchev–Trinajstić information content (AvgIpc) is 2.67. The molecule has 4 nitrogen and oxygen atoms in total. The monoisotopic (exact) mass is 346 g/mol. The van der Waals surface area contributed by atoms with Crippen LogP contribution in [0, 0.1) is 11.3 Å². The van der Waals surface area contributed by atoms with Crippen LogP contribution in [0.2, 0.25) is 0 Å². The minimum absolute atomic E-state index is 0.0889. The SMILES string of the molecule is O=C(O)C1([C@@H]2CCCCO2)CCC(CCOCc2ccccc2)CC1. The third-order valence-electron chi connectivity index (χ3n) is 6.00. The number of carbonyl (C=O) groups is 1. The zero-order valence-electron chi connectivity index (χ0n) is 15.0. The van der Waals surface area contributed by atoms with Crippen LogP contribution >= 0.6 is 0 Å². The molecule has 0 aromatic heterocycles. The van der Waals surface area contributed by atoms with Gasteiger partial charge in [-0.3, -0.25) is 4.79 Å². The number of carboxylic acids is 1. The highest BCUT2D eigenvalue weighted by Gasteiger charge is 2.49. The fraction of sp³-hybridized carbons (Fsp3) is 0.667. The molecule has 1 atom stereocenters. The maximum Gasteiger partial charge on any atom is 0.312 e. The quantitative estimate of drug-likeness (QED) is 0.742. The molecule has 1 aromatic rings. The highest BCUT2D eigenvalue weighted by Crippen LogP contribution is 2.46. The number of benzene rings is 1. The lowest BCUT2D eigenvalue weighted by molar-refractivity contribution is -0.169. The first kappa shape index (κ1) is 18.4. The molecule has 138 valence electrons. The summed E-state index contributed by atoms with van der Waals surface area (Å²) in [5, 5.41) is 9.86. The highest BCUT2D eigenvalue weighted by molar-refractivity contribution is 5.75. The van der Waals surface area contributed by atoms with E-state index in [0.717, 1.165) is 64.6 Å². The van der Waals surface area contributed by atoms with Gasteiger partial charge in [0.15, 0.2) is 0 Å². The van der Waals surface area contributed by atoms with Crippen LogP contribution < -0.4 is 0 Å². The molecule has 4 heteroatoms. The standard InChI is InChI=1S/C21H30O4/c22-20(23)21(19-8-4-5-14-25-19)12-9-17(10-13-21)11-15-24-16-18-6-2-1-3-7-18/h1-3,6-7,17,19H,4-5,8-16H2,(H,22,23)/t17?,19-,21?/m0/s1. The Labute approximate surface area is 150 Å². The molecule has 25 heavy (non-hydrogen) atoms. The van der Waals surface area contributed by atoms with Crippen molar-refractivity contribution in [1.29, 1.82) is 0 Å². The maximum atomic E-state index is 12.0. The van der Waals surface area contributed by atoms with Crippen molar-refractivity contribution >= 4 is 5.97 Å². The molecule has 0 spiro atoms. The number of aliphatic carboxylic acids is 1. The predicted octanol–water partition coefficient (Wildman–Crippen LogP) is 4.42. The summed E-state index contributed by atoms with van der Waals surface area (Å²) >= 11 is 0. The van der Waals surface area contributed by atoms with Crippen LogP contribution in [-0.4, -0.2) is 30.4 Å². The molecule has 1 saturated heterocycles. The summed E-state index contributed by atoms with van der Waals surface area (Å²) in [5.74, 6) is -0.0787. The predicted molar refractivity (Wildman–Crippen MR) is 96.3 cm³/mol. The van der Waals surface area contributed by atoms with E-state index in [-0.39, 0.29) is 6.10 Å². The van der Waals surface area contributed by atoms with Gasteiger partial charge in [0.2, 0.25) is 0 Å². The minimum Gasteiger partial charge on any atom is -0.481 e. The summed E-state index contributed by atoms with van der Waals surface area (Å²) in [6, 6.07) is 10.2. The van der Waals surface area contributed by atoms with Crippen molar-refractivity contribution in [1.82, 2.24) is 0 Å². The Kier molecular flexibility index (Phi) is 6.49. The Hall–Kier alpha value is -1.39. The molecule has 0 radical (unpaired) electrons. The van der Waals surface area contributed by atoms with Crippen LogP contribution in [0.15, 0.2) is 30.3 Å². The van der Waals surface area contributed by atoms with Gasteiger partial charge in [-0.25, -0.2) is 0 Å². The topological polar surface area (TPSA) is 55.8 Å². The van der Waals surface area contributed by atoms with E-state index < -0.39 is 11.4 Å². The average molecular weight is 346 g/mol.